The second-order valence-electron chi connectivity index (χ2n) is 8.74. The van der Waals surface area contributed by atoms with Gasteiger partial charge in [0.2, 0.25) is 5.96 Å². The molecule has 0 bridgehead atoms. The molecule has 1 saturated heterocycles. The summed E-state index contributed by atoms with van der Waals surface area (Å²) in [7, 11) is -2.24. The molecular weight excluding hydrogens is 452 g/mol. The molecule has 1 aliphatic carbocycles. The van der Waals surface area contributed by atoms with Crippen molar-refractivity contribution in [2.24, 2.45) is 0 Å². The average molecular weight is 485 g/mol. The van der Waals surface area contributed by atoms with Crippen LogP contribution in [-0.2, 0) is 16.4 Å². The second kappa shape index (κ2) is 10.5. The summed E-state index contributed by atoms with van der Waals surface area (Å²) in [5.41, 5.74) is 1.39. The van der Waals surface area contributed by atoms with E-state index in [1.54, 1.807) is 42.5 Å². The lowest BCUT2D eigenvalue weighted by Crippen LogP contribution is -2.42. The Kier molecular flexibility index (Phi) is 7.41. The van der Waals surface area contributed by atoms with Gasteiger partial charge in [-0.1, -0.05) is 43.5 Å². The molecule has 182 valence electrons. The number of amides is 1. The van der Waals surface area contributed by atoms with E-state index in [1.165, 1.54) is 17.8 Å². The maximum atomic E-state index is 13.2. The molecule has 1 aliphatic heterocycles. The number of rotatable bonds is 8. The number of ether oxygens (including phenoxy) is 1. The summed E-state index contributed by atoms with van der Waals surface area (Å²) in [5.74, 6) is 0.394. The molecule has 0 spiro atoms. The molecule has 8 nitrogen and oxygen atoms in total. The van der Waals surface area contributed by atoms with Crippen LogP contribution in [0.15, 0.2) is 53.4 Å². The van der Waals surface area contributed by atoms with Gasteiger partial charge in [0.1, 0.15) is 5.75 Å². The van der Waals surface area contributed by atoms with Gasteiger partial charge in [-0.3, -0.25) is 10.2 Å². The molecular formula is C25H32N4O4S. The van der Waals surface area contributed by atoms with Crippen molar-refractivity contribution in [1.29, 1.82) is 5.41 Å². The van der Waals surface area contributed by atoms with Crippen molar-refractivity contribution >= 4 is 21.9 Å². The number of sulfonamides is 1. The molecule has 2 aromatic carbocycles. The molecule has 1 saturated carbocycles. The molecule has 2 aromatic rings. The van der Waals surface area contributed by atoms with Crippen LogP contribution in [0.4, 0.5) is 0 Å². The molecule has 4 rings (SSSR count). The van der Waals surface area contributed by atoms with Crippen molar-refractivity contribution in [1.82, 2.24) is 14.5 Å². The monoisotopic (exact) mass is 484 g/mol. The van der Waals surface area contributed by atoms with Crippen molar-refractivity contribution in [2.75, 3.05) is 26.7 Å². The number of benzene rings is 2. The van der Waals surface area contributed by atoms with Crippen molar-refractivity contribution in [3.63, 3.8) is 0 Å². The number of nitrogens with one attached hydrogen (secondary N) is 2. The Bertz CT molecular complexity index is 1130. The van der Waals surface area contributed by atoms with Crippen molar-refractivity contribution in [3.05, 3.63) is 59.7 Å². The van der Waals surface area contributed by atoms with E-state index in [4.69, 9.17) is 10.1 Å². The van der Waals surface area contributed by atoms with Crippen molar-refractivity contribution < 1.29 is 17.9 Å². The van der Waals surface area contributed by atoms with Gasteiger partial charge in [-0.2, -0.15) is 0 Å². The lowest BCUT2D eigenvalue weighted by molar-refractivity contribution is 0.0951. The number of nitrogens with zero attached hydrogens (tertiary/aromatic N) is 2. The Morgan fingerprint density at radius 3 is 2.47 bits per heavy atom. The summed E-state index contributed by atoms with van der Waals surface area (Å²) in [6, 6.07) is 14.0. The van der Waals surface area contributed by atoms with Gasteiger partial charge in [0, 0.05) is 19.1 Å². The normalized spacial score (nSPS) is 17.1. The number of carbonyl (C=O) groups excluding carboxylic acids is 1. The standard InChI is InChI=1S/C25H32N4O4S/c1-33-23-10-6-5-9-22(23)24(30)27-16-15-19-11-13-21(14-12-19)34(31,32)29-18-17-28(25(29)26)20-7-3-2-4-8-20/h5-6,9-14,20,26H,2-4,7-8,15-18H2,1H3,(H,27,30). The van der Waals surface area contributed by atoms with Crippen LogP contribution in [0.25, 0.3) is 0 Å². The van der Waals surface area contributed by atoms with Crippen molar-refractivity contribution in [3.8, 4) is 5.75 Å². The van der Waals surface area contributed by atoms with Crippen LogP contribution in [0.3, 0.4) is 0 Å². The maximum Gasteiger partial charge on any atom is 0.266 e. The van der Waals surface area contributed by atoms with Gasteiger partial charge in [0.25, 0.3) is 15.9 Å². The Morgan fingerprint density at radius 1 is 1.06 bits per heavy atom. The third-order valence-corrected chi connectivity index (χ3v) is 8.43. The molecule has 0 atom stereocenters. The lowest BCUT2D eigenvalue weighted by Gasteiger charge is -2.32. The first-order valence-corrected chi connectivity index (χ1v) is 13.2. The smallest absolute Gasteiger partial charge is 0.266 e. The number of methoxy groups -OCH3 is 1. The largest absolute Gasteiger partial charge is 0.496 e. The highest BCUT2D eigenvalue weighted by Crippen LogP contribution is 2.28. The van der Waals surface area contributed by atoms with E-state index >= 15 is 0 Å². The molecule has 0 radical (unpaired) electrons. The molecule has 1 amide bonds. The molecule has 1 heterocycles. The predicted molar refractivity (Wildman–Crippen MR) is 131 cm³/mol. The van der Waals surface area contributed by atoms with Crippen molar-refractivity contribution in [2.45, 2.75) is 49.5 Å². The third-order valence-electron chi connectivity index (χ3n) is 6.63. The van der Waals surface area contributed by atoms with E-state index < -0.39 is 10.0 Å². The van der Waals surface area contributed by atoms with E-state index in [2.05, 4.69) is 5.32 Å². The Balaban J connectivity index is 1.34. The molecule has 2 N–H and O–H groups in total. The zero-order chi connectivity index (χ0) is 24.1. The second-order valence-corrected chi connectivity index (χ2v) is 10.6. The van der Waals surface area contributed by atoms with Gasteiger partial charge >= 0.3 is 0 Å². The first-order chi connectivity index (χ1) is 16.4. The molecule has 34 heavy (non-hydrogen) atoms. The van der Waals surface area contributed by atoms with Gasteiger partial charge in [-0.15, -0.1) is 0 Å². The van der Waals surface area contributed by atoms with Gasteiger partial charge in [0.05, 0.1) is 24.1 Å². The fourth-order valence-corrected chi connectivity index (χ4v) is 6.13. The quantitative estimate of drug-likeness (QED) is 0.599. The molecule has 0 aromatic heterocycles. The van der Waals surface area contributed by atoms with Crippen LogP contribution < -0.4 is 10.1 Å². The van der Waals surface area contributed by atoms with Gasteiger partial charge in [0.15, 0.2) is 0 Å². The minimum atomic E-state index is -3.77. The zero-order valence-corrected chi connectivity index (χ0v) is 20.3. The average Bonchev–Trinajstić information content (AvgIpc) is 3.27. The first-order valence-electron chi connectivity index (χ1n) is 11.8. The number of carbonyl (C=O) groups is 1. The predicted octanol–water partition coefficient (Wildman–Crippen LogP) is 3.24. The number of hydrogen-bond acceptors (Lipinski definition) is 5. The summed E-state index contributed by atoms with van der Waals surface area (Å²) in [4.78, 5) is 14.6. The van der Waals surface area contributed by atoms with E-state index in [-0.39, 0.29) is 22.8 Å². The molecule has 9 heteroatoms. The van der Waals surface area contributed by atoms with Crippen LogP contribution >= 0.6 is 0 Å². The van der Waals surface area contributed by atoms with Gasteiger partial charge in [-0.25, -0.2) is 12.7 Å². The summed E-state index contributed by atoms with van der Waals surface area (Å²) in [6.45, 7) is 1.30. The van der Waals surface area contributed by atoms with Gasteiger partial charge < -0.3 is 15.0 Å². The zero-order valence-electron chi connectivity index (χ0n) is 19.5. The molecule has 2 aliphatic rings. The summed E-state index contributed by atoms with van der Waals surface area (Å²) in [5, 5.41) is 11.4. The Labute approximate surface area is 201 Å². The summed E-state index contributed by atoms with van der Waals surface area (Å²) in [6.07, 6.45) is 6.12. The lowest BCUT2D eigenvalue weighted by atomic mass is 9.94. The Morgan fingerprint density at radius 2 is 1.76 bits per heavy atom. The highest BCUT2D eigenvalue weighted by atomic mass is 32.2. The van der Waals surface area contributed by atoms with Crippen LogP contribution in [0, 0.1) is 5.41 Å². The van der Waals surface area contributed by atoms with E-state index in [0.29, 0.717) is 37.4 Å². The Hall–Kier alpha value is -3.07. The van der Waals surface area contributed by atoms with E-state index in [9.17, 15) is 13.2 Å². The minimum Gasteiger partial charge on any atom is -0.496 e. The third kappa shape index (κ3) is 5.04. The topological polar surface area (TPSA) is 103 Å². The van der Waals surface area contributed by atoms with E-state index in [0.717, 1.165) is 31.2 Å². The van der Waals surface area contributed by atoms with Crippen LogP contribution in [0.2, 0.25) is 0 Å². The SMILES string of the molecule is COc1ccccc1C(=O)NCCc1ccc(S(=O)(=O)N2CCN(C3CCCCC3)C2=N)cc1. The summed E-state index contributed by atoms with van der Waals surface area (Å²) < 4.78 is 32.8. The number of hydrogen-bond donors (Lipinski definition) is 2. The molecule has 2 fully saturated rings. The van der Waals surface area contributed by atoms with Crippen LogP contribution in [-0.4, -0.2) is 62.3 Å². The highest BCUT2D eigenvalue weighted by Gasteiger charge is 2.38. The highest BCUT2D eigenvalue weighted by molar-refractivity contribution is 7.89. The van der Waals surface area contributed by atoms with Gasteiger partial charge in [-0.05, 0) is 49.1 Å². The maximum absolute atomic E-state index is 13.2. The molecule has 0 unspecified atom stereocenters. The number of para-hydroxylation sites is 1. The van der Waals surface area contributed by atoms with E-state index in [1.807, 2.05) is 11.0 Å². The first kappa shape index (κ1) is 24.1. The summed E-state index contributed by atoms with van der Waals surface area (Å²) >= 11 is 0. The fourth-order valence-electron chi connectivity index (χ4n) is 4.74. The minimum absolute atomic E-state index is 0.0926. The number of guanidine groups is 1. The fraction of sp³-hybridized carbons (Fsp3) is 0.440. The van der Waals surface area contributed by atoms with Crippen LogP contribution in [0.1, 0.15) is 48.0 Å². The van der Waals surface area contributed by atoms with Crippen LogP contribution in [0.5, 0.6) is 5.75 Å².